The number of benzene rings is 2. The number of rotatable bonds is 4. The van der Waals surface area contributed by atoms with Gasteiger partial charge in [0.15, 0.2) is 0 Å². The summed E-state index contributed by atoms with van der Waals surface area (Å²) in [7, 11) is 0. The number of anilines is 1. The van der Waals surface area contributed by atoms with Gasteiger partial charge in [-0.25, -0.2) is 0 Å². The molecular weight excluding hydrogens is 306 g/mol. The smallest absolute Gasteiger partial charge is 0.304 e. The Morgan fingerprint density at radius 2 is 1.80 bits per heavy atom. The summed E-state index contributed by atoms with van der Waals surface area (Å²) >= 11 is 11.7. The zero-order valence-corrected chi connectivity index (χ0v) is 11.6. The first-order valence-corrected chi connectivity index (χ1v) is 6.34. The van der Waals surface area contributed by atoms with E-state index in [-0.39, 0.29) is 0 Å². The Balaban J connectivity index is 2.11. The van der Waals surface area contributed by atoms with Crippen molar-refractivity contribution in [1.29, 1.82) is 0 Å². The number of nitrogens with one attached hydrogen (secondary N) is 1. The van der Waals surface area contributed by atoms with E-state index in [9.17, 15) is 14.5 Å². The number of hydrogen-bond acceptors (Lipinski definition) is 3. The number of hydrogen-bond donors (Lipinski definition) is 1. The molecule has 2 aromatic carbocycles. The Labute approximate surface area is 124 Å². The highest BCUT2D eigenvalue weighted by atomic mass is 35.5. The first-order chi connectivity index (χ1) is 9.45. The van der Waals surface area contributed by atoms with Gasteiger partial charge < -0.3 is 5.32 Å². The topological polar surface area (TPSA) is 55.2 Å². The summed E-state index contributed by atoms with van der Waals surface area (Å²) < 4.78 is 13.4. The standard InChI is InChI=1S/C13H9Cl2FN2O2/c14-9-3-8(4-10(15)5-9)7-17-11-1-2-13(18(19)20)12(16)6-11/h1-6,17H,7H2. The summed E-state index contributed by atoms with van der Waals surface area (Å²) in [5.41, 5.74) is 0.701. The van der Waals surface area contributed by atoms with Crippen molar-refractivity contribution in [3.63, 3.8) is 0 Å². The lowest BCUT2D eigenvalue weighted by Gasteiger charge is -2.07. The second-order valence-electron chi connectivity index (χ2n) is 4.05. The summed E-state index contributed by atoms with van der Waals surface area (Å²) in [6, 6.07) is 8.68. The molecule has 0 radical (unpaired) electrons. The first-order valence-electron chi connectivity index (χ1n) is 5.58. The molecule has 0 spiro atoms. The van der Waals surface area contributed by atoms with Gasteiger partial charge >= 0.3 is 5.69 Å². The lowest BCUT2D eigenvalue weighted by atomic mass is 10.2. The Morgan fingerprint density at radius 3 is 2.35 bits per heavy atom. The molecule has 0 amide bonds. The minimum Gasteiger partial charge on any atom is -0.381 e. The molecule has 2 aromatic rings. The van der Waals surface area contributed by atoms with E-state index in [2.05, 4.69) is 5.32 Å². The Bertz CT molecular complexity index is 645. The van der Waals surface area contributed by atoms with Crippen LogP contribution >= 0.6 is 23.2 Å². The van der Waals surface area contributed by atoms with Crippen molar-refractivity contribution in [3.8, 4) is 0 Å². The normalized spacial score (nSPS) is 10.3. The van der Waals surface area contributed by atoms with Gasteiger partial charge in [-0.15, -0.1) is 0 Å². The maximum atomic E-state index is 13.4. The lowest BCUT2D eigenvalue weighted by Crippen LogP contribution is -2.01. The summed E-state index contributed by atoms with van der Waals surface area (Å²) in [4.78, 5) is 9.74. The summed E-state index contributed by atoms with van der Waals surface area (Å²) in [6.45, 7) is 0.373. The molecule has 1 N–H and O–H groups in total. The van der Waals surface area contributed by atoms with Gasteiger partial charge in [-0.1, -0.05) is 23.2 Å². The average molecular weight is 315 g/mol. The maximum Gasteiger partial charge on any atom is 0.304 e. The van der Waals surface area contributed by atoms with Gasteiger partial charge in [0.2, 0.25) is 5.82 Å². The molecule has 0 saturated heterocycles. The van der Waals surface area contributed by atoms with Crippen molar-refractivity contribution in [1.82, 2.24) is 0 Å². The Morgan fingerprint density at radius 1 is 1.15 bits per heavy atom. The molecule has 4 nitrogen and oxygen atoms in total. The number of nitrogens with zero attached hydrogens (tertiary/aromatic N) is 1. The van der Waals surface area contributed by atoms with Crippen LogP contribution in [0.4, 0.5) is 15.8 Å². The highest BCUT2D eigenvalue weighted by Gasteiger charge is 2.13. The molecule has 20 heavy (non-hydrogen) atoms. The summed E-state index contributed by atoms with van der Waals surface area (Å²) in [5, 5.41) is 14.5. The summed E-state index contributed by atoms with van der Waals surface area (Å²) in [5.74, 6) is -0.885. The molecule has 104 valence electrons. The van der Waals surface area contributed by atoms with E-state index in [0.29, 0.717) is 22.3 Å². The SMILES string of the molecule is O=[N+]([O-])c1ccc(NCc2cc(Cl)cc(Cl)c2)cc1F. The third-order valence-corrected chi connectivity index (χ3v) is 3.00. The minimum absolute atomic E-state index is 0.373. The number of nitro benzene ring substituents is 1. The fourth-order valence-corrected chi connectivity index (χ4v) is 2.25. The highest BCUT2D eigenvalue weighted by molar-refractivity contribution is 6.34. The van der Waals surface area contributed by atoms with Gasteiger partial charge in [0, 0.05) is 34.4 Å². The molecule has 0 saturated carbocycles. The van der Waals surface area contributed by atoms with Gasteiger partial charge in [-0.05, 0) is 29.8 Å². The maximum absolute atomic E-state index is 13.4. The van der Waals surface area contributed by atoms with Crippen LogP contribution in [0.15, 0.2) is 36.4 Å². The van der Waals surface area contributed by atoms with Gasteiger partial charge in [0.1, 0.15) is 0 Å². The minimum atomic E-state index is -0.885. The third-order valence-electron chi connectivity index (χ3n) is 2.56. The van der Waals surface area contributed by atoms with Crippen LogP contribution in [0.5, 0.6) is 0 Å². The summed E-state index contributed by atoms with van der Waals surface area (Å²) in [6.07, 6.45) is 0. The van der Waals surface area contributed by atoms with Gasteiger partial charge in [0.05, 0.1) is 4.92 Å². The molecule has 0 aliphatic heterocycles. The predicted octanol–water partition coefficient (Wildman–Crippen LogP) is 4.65. The molecule has 2 rings (SSSR count). The van der Waals surface area contributed by atoms with E-state index in [1.54, 1.807) is 18.2 Å². The fraction of sp³-hybridized carbons (Fsp3) is 0.0769. The molecule has 0 heterocycles. The molecule has 0 aliphatic carbocycles. The second kappa shape index (κ2) is 6.07. The van der Waals surface area contributed by atoms with Crippen LogP contribution in [0.2, 0.25) is 10.0 Å². The van der Waals surface area contributed by atoms with Crippen LogP contribution in [0.3, 0.4) is 0 Å². The fourth-order valence-electron chi connectivity index (χ4n) is 1.68. The van der Waals surface area contributed by atoms with Gasteiger partial charge in [0.25, 0.3) is 0 Å². The lowest BCUT2D eigenvalue weighted by molar-refractivity contribution is -0.387. The van der Waals surface area contributed by atoms with Crippen LogP contribution in [0, 0.1) is 15.9 Å². The van der Waals surface area contributed by atoms with Crippen molar-refractivity contribution in [2.45, 2.75) is 6.54 Å². The molecule has 0 atom stereocenters. The predicted molar refractivity (Wildman–Crippen MR) is 76.8 cm³/mol. The zero-order chi connectivity index (χ0) is 14.7. The number of nitro groups is 1. The third kappa shape index (κ3) is 3.59. The van der Waals surface area contributed by atoms with E-state index in [1.807, 2.05) is 0 Å². The Kier molecular flexibility index (Phi) is 4.42. The molecule has 0 aromatic heterocycles. The van der Waals surface area contributed by atoms with E-state index in [1.165, 1.54) is 6.07 Å². The molecule has 0 fully saturated rings. The van der Waals surface area contributed by atoms with Gasteiger partial charge in [-0.2, -0.15) is 4.39 Å². The van der Waals surface area contributed by atoms with Crippen LogP contribution < -0.4 is 5.32 Å². The van der Waals surface area contributed by atoms with Crippen molar-refractivity contribution < 1.29 is 9.31 Å². The average Bonchev–Trinajstić information content (AvgIpc) is 2.35. The van der Waals surface area contributed by atoms with Crippen molar-refractivity contribution in [2.24, 2.45) is 0 Å². The van der Waals surface area contributed by atoms with Crippen LogP contribution in [-0.4, -0.2) is 4.92 Å². The van der Waals surface area contributed by atoms with Gasteiger partial charge in [-0.3, -0.25) is 10.1 Å². The molecule has 7 heteroatoms. The van der Waals surface area contributed by atoms with Crippen molar-refractivity contribution >= 4 is 34.6 Å². The number of halogens is 3. The van der Waals surface area contributed by atoms with Crippen LogP contribution in [0.1, 0.15) is 5.56 Å². The molecule has 0 unspecified atom stereocenters. The first kappa shape index (κ1) is 14.6. The van der Waals surface area contributed by atoms with Crippen molar-refractivity contribution in [2.75, 3.05) is 5.32 Å². The molecule has 0 aliphatic rings. The molecule has 0 bridgehead atoms. The van der Waals surface area contributed by atoms with Crippen LogP contribution in [-0.2, 0) is 6.54 Å². The van der Waals surface area contributed by atoms with E-state index in [0.717, 1.165) is 17.7 Å². The largest absolute Gasteiger partial charge is 0.381 e. The zero-order valence-electron chi connectivity index (χ0n) is 10.1. The van der Waals surface area contributed by atoms with E-state index < -0.39 is 16.4 Å². The molecular formula is C13H9Cl2FN2O2. The second-order valence-corrected chi connectivity index (χ2v) is 4.93. The monoisotopic (exact) mass is 314 g/mol. The van der Waals surface area contributed by atoms with E-state index >= 15 is 0 Å². The quantitative estimate of drug-likeness (QED) is 0.660. The van der Waals surface area contributed by atoms with E-state index in [4.69, 9.17) is 23.2 Å². The van der Waals surface area contributed by atoms with Crippen molar-refractivity contribution in [3.05, 3.63) is 67.9 Å². The highest BCUT2D eigenvalue weighted by Crippen LogP contribution is 2.23. The van der Waals surface area contributed by atoms with Crippen LogP contribution in [0.25, 0.3) is 0 Å². The Hall–Kier alpha value is -1.85.